The zero-order valence-corrected chi connectivity index (χ0v) is 9.90. The van der Waals surface area contributed by atoms with Crippen LogP contribution < -0.4 is 17.2 Å². The Morgan fingerprint density at radius 1 is 0.800 bits per heavy atom. The molecule has 15 heavy (non-hydrogen) atoms. The third kappa shape index (κ3) is 12.9. The summed E-state index contributed by atoms with van der Waals surface area (Å²) in [6.07, 6.45) is 1.34. The molecule has 0 spiro atoms. The molecule has 0 aliphatic carbocycles. The van der Waals surface area contributed by atoms with Gasteiger partial charge < -0.3 is 31.6 Å². The van der Waals surface area contributed by atoms with Gasteiger partial charge >= 0.3 is 0 Å². The van der Waals surface area contributed by atoms with Crippen molar-refractivity contribution in [3.05, 3.63) is 0 Å². The summed E-state index contributed by atoms with van der Waals surface area (Å²) in [5.41, 5.74) is 12.1. The van der Waals surface area contributed by atoms with Crippen LogP contribution in [0.5, 0.6) is 0 Å². The molecule has 0 unspecified atom stereocenters. The molecule has 0 saturated carbocycles. The average Bonchev–Trinajstić information content (AvgIpc) is 2.40. The predicted molar refractivity (Wildman–Crippen MR) is 61.3 cm³/mol. The standard InChI is InChI=1S/C6H8O3.3CH5N/c1-2-6(3-7,4-8)5-9;3*1-2/h3-5H,2H2,1H3;3*2H2,1H3. The van der Waals surface area contributed by atoms with Crippen LogP contribution in [-0.2, 0) is 14.4 Å². The molecule has 0 heterocycles. The Hall–Kier alpha value is -1.11. The molecule has 92 valence electrons. The highest BCUT2D eigenvalue weighted by atomic mass is 16.2. The molecule has 0 saturated heterocycles. The highest BCUT2D eigenvalue weighted by molar-refractivity contribution is 6.01. The number of nitrogens with two attached hydrogens (primary N) is 3. The van der Waals surface area contributed by atoms with Crippen molar-refractivity contribution in [1.29, 1.82) is 0 Å². The summed E-state index contributed by atoms with van der Waals surface area (Å²) in [4.78, 5) is 30.2. The summed E-state index contributed by atoms with van der Waals surface area (Å²) in [7, 11) is 4.50. The van der Waals surface area contributed by atoms with Crippen molar-refractivity contribution < 1.29 is 14.4 Å². The van der Waals surface area contributed by atoms with E-state index in [2.05, 4.69) is 17.2 Å². The Kier molecular flexibility index (Phi) is 36.3. The minimum absolute atomic E-state index is 0.240. The van der Waals surface area contributed by atoms with Crippen LogP contribution in [0.15, 0.2) is 0 Å². The molecule has 0 radical (unpaired) electrons. The van der Waals surface area contributed by atoms with Crippen LogP contribution in [-0.4, -0.2) is 40.0 Å². The zero-order valence-electron chi connectivity index (χ0n) is 9.90. The van der Waals surface area contributed by atoms with Gasteiger partial charge in [0.05, 0.1) is 0 Å². The SMILES string of the molecule is CCC(C=O)(C=O)C=O.CN.CN.CN. The van der Waals surface area contributed by atoms with E-state index in [-0.39, 0.29) is 6.42 Å². The molecule has 0 aliphatic heterocycles. The quantitative estimate of drug-likeness (QED) is 0.400. The summed E-state index contributed by atoms with van der Waals surface area (Å²) in [6.45, 7) is 1.61. The summed E-state index contributed by atoms with van der Waals surface area (Å²) < 4.78 is 0. The minimum Gasteiger partial charge on any atom is -0.333 e. The lowest BCUT2D eigenvalue weighted by molar-refractivity contribution is -0.132. The molecule has 0 amide bonds. The number of carbonyl (C=O) groups is 3. The molecule has 6 heteroatoms. The van der Waals surface area contributed by atoms with E-state index in [4.69, 9.17) is 0 Å². The lowest BCUT2D eigenvalue weighted by Crippen LogP contribution is -2.24. The average molecular weight is 221 g/mol. The zero-order chi connectivity index (χ0) is 13.3. The van der Waals surface area contributed by atoms with E-state index in [0.29, 0.717) is 18.9 Å². The molecule has 0 bridgehead atoms. The van der Waals surface area contributed by atoms with Gasteiger partial charge in [0, 0.05) is 0 Å². The van der Waals surface area contributed by atoms with Crippen LogP contribution >= 0.6 is 0 Å². The summed E-state index contributed by atoms with van der Waals surface area (Å²) in [5.74, 6) is 0. The fraction of sp³-hybridized carbons (Fsp3) is 0.667. The highest BCUT2D eigenvalue weighted by Crippen LogP contribution is 2.10. The molecule has 0 aromatic rings. The molecule has 6 nitrogen and oxygen atoms in total. The van der Waals surface area contributed by atoms with E-state index in [0.717, 1.165) is 0 Å². The molecule has 0 atom stereocenters. The van der Waals surface area contributed by atoms with Gasteiger partial charge in [-0.15, -0.1) is 0 Å². The third-order valence-corrected chi connectivity index (χ3v) is 1.27. The maximum Gasteiger partial charge on any atom is 0.140 e. The third-order valence-electron chi connectivity index (χ3n) is 1.27. The van der Waals surface area contributed by atoms with Gasteiger partial charge in [0.15, 0.2) is 0 Å². The maximum atomic E-state index is 10.1. The molecule has 0 aromatic heterocycles. The van der Waals surface area contributed by atoms with Crippen molar-refractivity contribution in [2.24, 2.45) is 22.6 Å². The van der Waals surface area contributed by atoms with Crippen LogP contribution in [0, 0.1) is 5.41 Å². The Labute approximate surface area is 91.2 Å². The Bertz CT molecular complexity index is 119. The maximum absolute atomic E-state index is 10.1. The number of rotatable bonds is 4. The van der Waals surface area contributed by atoms with Crippen LogP contribution in [0.4, 0.5) is 0 Å². The number of hydrogen-bond acceptors (Lipinski definition) is 6. The molecule has 0 aromatic carbocycles. The van der Waals surface area contributed by atoms with Crippen molar-refractivity contribution in [1.82, 2.24) is 0 Å². The van der Waals surface area contributed by atoms with Crippen molar-refractivity contribution in [2.75, 3.05) is 21.1 Å². The van der Waals surface area contributed by atoms with E-state index in [1.807, 2.05) is 0 Å². The molecule has 0 rings (SSSR count). The van der Waals surface area contributed by atoms with Gasteiger partial charge in [0.1, 0.15) is 24.3 Å². The van der Waals surface area contributed by atoms with Gasteiger partial charge in [0.2, 0.25) is 0 Å². The van der Waals surface area contributed by atoms with Crippen LogP contribution in [0.1, 0.15) is 13.3 Å². The predicted octanol–water partition coefficient (Wildman–Crippen LogP) is -1.30. The van der Waals surface area contributed by atoms with Crippen molar-refractivity contribution in [3.63, 3.8) is 0 Å². The first-order chi connectivity index (χ1) is 7.24. The van der Waals surface area contributed by atoms with E-state index in [1.54, 1.807) is 6.92 Å². The molecule has 6 N–H and O–H groups in total. The lowest BCUT2D eigenvalue weighted by atomic mass is 9.91. The van der Waals surface area contributed by atoms with Gasteiger partial charge in [-0.25, -0.2) is 0 Å². The molecule has 0 aliphatic rings. The Morgan fingerprint density at radius 2 is 1.00 bits per heavy atom. The fourth-order valence-corrected chi connectivity index (χ4v) is 0.333. The first-order valence-electron chi connectivity index (χ1n) is 4.37. The van der Waals surface area contributed by atoms with Crippen molar-refractivity contribution >= 4 is 18.9 Å². The number of carbonyl (C=O) groups excluding carboxylic acids is 3. The molecular formula is C9H23N3O3. The smallest absolute Gasteiger partial charge is 0.140 e. The summed E-state index contributed by atoms with van der Waals surface area (Å²) in [5, 5.41) is 0. The normalized spacial score (nSPS) is 7.40. The van der Waals surface area contributed by atoms with Gasteiger partial charge in [-0.2, -0.15) is 0 Å². The van der Waals surface area contributed by atoms with E-state index in [1.165, 1.54) is 21.1 Å². The van der Waals surface area contributed by atoms with Gasteiger partial charge in [-0.05, 0) is 27.6 Å². The topological polar surface area (TPSA) is 129 Å². The van der Waals surface area contributed by atoms with Crippen LogP contribution in [0.3, 0.4) is 0 Å². The minimum atomic E-state index is -1.38. The second-order valence-electron chi connectivity index (χ2n) is 1.82. The Morgan fingerprint density at radius 3 is 1.00 bits per heavy atom. The lowest BCUT2D eigenvalue weighted by Gasteiger charge is -2.07. The number of aldehydes is 3. The monoisotopic (exact) mass is 221 g/mol. The second-order valence-corrected chi connectivity index (χ2v) is 1.82. The second kappa shape index (κ2) is 23.1. The van der Waals surface area contributed by atoms with E-state index >= 15 is 0 Å². The number of hydrogen-bond donors (Lipinski definition) is 3. The van der Waals surface area contributed by atoms with E-state index in [9.17, 15) is 14.4 Å². The largest absolute Gasteiger partial charge is 0.333 e. The van der Waals surface area contributed by atoms with Gasteiger partial charge in [-0.1, -0.05) is 6.92 Å². The molecule has 0 fully saturated rings. The summed E-state index contributed by atoms with van der Waals surface area (Å²) >= 11 is 0. The molecular weight excluding hydrogens is 198 g/mol. The van der Waals surface area contributed by atoms with Crippen molar-refractivity contribution in [3.8, 4) is 0 Å². The fourth-order valence-electron chi connectivity index (χ4n) is 0.333. The van der Waals surface area contributed by atoms with Crippen LogP contribution in [0.25, 0.3) is 0 Å². The van der Waals surface area contributed by atoms with Crippen molar-refractivity contribution in [2.45, 2.75) is 13.3 Å². The summed E-state index contributed by atoms with van der Waals surface area (Å²) in [6, 6.07) is 0. The highest BCUT2D eigenvalue weighted by Gasteiger charge is 2.25. The van der Waals surface area contributed by atoms with E-state index < -0.39 is 5.41 Å². The Balaban J connectivity index is -0.0000000860. The van der Waals surface area contributed by atoms with Gasteiger partial charge in [0.25, 0.3) is 0 Å². The first kappa shape index (κ1) is 23.6. The van der Waals surface area contributed by atoms with Crippen LogP contribution in [0.2, 0.25) is 0 Å². The first-order valence-corrected chi connectivity index (χ1v) is 4.37. The van der Waals surface area contributed by atoms with Gasteiger partial charge in [-0.3, -0.25) is 0 Å².